The van der Waals surface area contributed by atoms with E-state index in [-0.39, 0.29) is 37.0 Å². The number of nitrogens with one attached hydrogen (secondary N) is 1. The largest absolute Gasteiger partial charge is 0.460 e. The molecule has 0 aliphatic heterocycles. The van der Waals surface area contributed by atoms with E-state index in [4.69, 9.17) is 19.6 Å². The Bertz CT molecular complexity index is 2260. The predicted molar refractivity (Wildman–Crippen MR) is 246 cm³/mol. The second kappa shape index (κ2) is 22.3. The molecule has 0 aromatic heterocycles. The fourth-order valence-corrected chi connectivity index (χ4v) is 10.3. The number of benzene rings is 4. The van der Waals surface area contributed by atoms with Gasteiger partial charge in [0.25, 0.3) is 0 Å². The van der Waals surface area contributed by atoms with Crippen molar-refractivity contribution >= 4 is 34.9 Å². The lowest BCUT2D eigenvalue weighted by atomic mass is 9.70. The number of carbonyl (C=O) groups excluding carboxylic acids is 3. The van der Waals surface area contributed by atoms with E-state index in [0.717, 1.165) is 73.8 Å². The van der Waals surface area contributed by atoms with Gasteiger partial charge in [0.05, 0.1) is 24.2 Å². The number of esters is 3. The number of alkyl halides is 3. The second-order valence-corrected chi connectivity index (χ2v) is 18.4. The molecule has 0 atom stereocenters. The van der Waals surface area contributed by atoms with Crippen LogP contribution in [0, 0.1) is 29.1 Å². The monoisotopic (exact) mass is 893 g/mol. The highest BCUT2D eigenvalue weighted by Crippen LogP contribution is 2.42. The van der Waals surface area contributed by atoms with E-state index in [9.17, 15) is 27.6 Å². The average molecular weight is 894 g/mol. The summed E-state index contributed by atoms with van der Waals surface area (Å²) in [5, 5.41) is 9.62. The molecule has 8 nitrogen and oxygen atoms in total. The van der Waals surface area contributed by atoms with Gasteiger partial charge in [0.1, 0.15) is 23.7 Å². The third kappa shape index (κ3) is 12.5. The average Bonchev–Trinajstić information content (AvgIpc) is 3.33. The molecule has 0 bridgehead atoms. The molecule has 0 amide bonds. The molecule has 65 heavy (non-hydrogen) atoms. The van der Waals surface area contributed by atoms with Gasteiger partial charge in [-0.1, -0.05) is 81.7 Å². The zero-order valence-electron chi connectivity index (χ0n) is 37.5. The molecule has 0 spiro atoms. The summed E-state index contributed by atoms with van der Waals surface area (Å²) in [5.74, 6) is 0.762. The fraction of sp³-hybridized carbons (Fsp3) is 0.481. The molecule has 3 aliphatic rings. The summed E-state index contributed by atoms with van der Waals surface area (Å²) in [6.45, 7) is 4.78. The first kappa shape index (κ1) is 47.7. The van der Waals surface area contributed by atoms with Crippen molar-refractivity contribution in [3.8, 4) is 22.6 Å². The molecule has 3 aliphatic carbocycles. The Morgan fingerprint density at radius 3 is 2.02 bits per heavy atom. The number of halogens is 3. The van der Waals surface area contributed by atoms with Crippen LogP contribution in [0.3, 0.4) is 0 Å². The summed E-state index contributed by atoms with van der Waals surface area (Å²) >= 11 is 0. The van der Waals surface area contributed by atoms with Crippen LogP contribution in [0.15, 0.2) is 91.0 Å². The number of fused-ring (bicyclic) bond motifs is 1. The van der Waals surface area contributed by atoms with Gasteiger partial charge in [-0.25, -0.2) is 9.59 Å². The van der Waals surface area contributed by atoms with E-state index >= 15 is 0 Å². The first-order valence-electron chi connectivity index (χ1n) is 23.7. The van der Waals surface area contributed by atoms with Gasteiger partial charge >= 0.3 is 24.1 Å². The van der Waals surface area contributed by atoms with Gasteiger partial charge in [-0.05, 0) is 165 Å². The van der Waals surface area contributed by atoms with Crippen LogP contribution in [-0.4, -0.2) is 49.6 Å². The summed E-state index contributed by atoms with van der Waals surface area (Å²) in [6, 6.07) is 25.0. The van der Waals surface area contributed by atoms with E-state index < -0.39 is 23.7 Å². The van der Waals surface area contributed by atoms with Crippen molar-refractivity contribution in [1.82, 2.24) is 0 Å². The second-order valence-electron chi connectivity index (χ2n) is 18.4. The highest BCUT2D eigenvalue weighted by atomic mass is 19.4. The molecule has 0 heterocycles. The van der Waals surface area contributed by atoms with Crippen molar-refractivity contribution in [3.63, 3.8) is 0 Å². The first-order valence-corrected chi connectivity index (χ1v) is 23.7. The number of unbranched alkanes of at least 4 members (excludes halogenated alkanes) is 2. The molecule has 3 fully saturated rings. The molecule has 1 N–H and O–H groups in total. The maximum atomic E-state index is 13.3. The van der Waals surface area contributed by atoms with Gasteiger partial charge in [0.15, 0.2) is 0 Å². The minimum Gasteiger partial charge on any atom is -0.460 e. The van der Waals surface area contributed by atoms with Gasteiger partial charge < -0.3 is 24.4 Å². The van der Waals surface area contributed by atoms with Gasteiger partial charge in [0, 0.05) is 11.8 Å². The van der Waals surface area contributed by atoms with Gasteiger partial charge in [-0.15, -0.1) is 0 Å². The maximum Gasteiger partial charge on any atom is 0.422 e. The van der Waals surface area contributed by atoms with Crippen LogP contribution < -0.4 is 9.47 Å². The number of rotatable bonds is 17. The Hall–Kier alpha value is -5.29. The predicted octanol–water partition coefficient (Wildman–Crippen LogP) is 13.5. The van der Waals surface area contributed by atoms with Crippen LogP contribution >= 0.6 is 0 Å². The molecule has 0 saturated heterocycles. The third-order valence-corrected chi connectivity index (χ3v) is 14.2. The SMILES string of the molecule is C=C(C(=O)OCCOC1CCC(C2CCC(C(=O)Oc3ccc4c(C=N)c(OC(=O)c5ccc(-c6ccc(C7CCC(CCCCC)CC7)cc6)cc5)ccc4c3)CC2)CC1)C(F)(F)F. The summed E-state index contributed by atoms with van der Waals surface area (Å²) in [4.78, 5) is 38.1. The van der Waals surface area contributed by atoms with E-state index in [1.165, 1.54) is 63.1 Å². The van der Waals surface area contributed by atoms with Crippen molar-refractivity contribution in [2.75, 3.05) is 13.2 Å². The molecule has 11 heteroatoms. The van der Waals surface area contributed by atoms with Gasteiger partial charge in [0.2, 0.25) is 0 Å². The van der Waals surface area contributed by atoms with Crippen molar-refractivity contribution in [2.24, 2.45) is 23.7 Å². The molecular formula is C54H62F3NO7. The lowest BCUT2D eigenvalue weighted by Crippen LogP contribution is -2.31. The lowest BCUT2D eigenvalue weighted by molar-refractivity contribution is -0.152. The summed E-state index contributed by atoms with van der Waals surface area (Å²) < 4.78 is 59.9. The summed E-state index contributed by atoms with van der Waals surface area (Å²) in [6.07, 6.45) is 13.8. The molecule has 0 radical (unpaired) electrons. The van der Waals surface area contributed by atoms with Crippen LogP contribution in [0.5, 0.6) is 11.5 Å². The Kier molecular flexibility index (Phi) is 16.3. The van der Waals surface area contributed by atoms with E-state index in [0.29, 0.717) is 40.0 Å². The minimum absolute atomic E-state index is 0.0300. The normalized spacial score (nSPS) is 22.5. The molecule has 0 unspecified atom stereocenters. The van der Waals surface area contributed by atoms with Crippen molar-refractivity contribution in [3.05, 3.63) is 108 Å². The first-order chi connectivity index (χ1) is 31.4. The Balaban J connectivity index is 0.848. The molecule has 4 aromatic rings. The fourth-order valence-electron chi connectivity index (χ4n) is 10.3. The van der Waals surface area contributed by atoms with Gasteiger partial charge in [-0.3, -0.25) is 4.79 Å². The molecule has 4 aromatic carbocycles. The molecule has 3 saturated carbocycles. The topological polar surface area (TPSA) is 112 Å². The van der Waals surface area contributed by atoms with Crippen LogP contribution in [0.4, 0.5) is 13.2 Å². The standard InChI is InChI=1S/C54H62F3NO7/c1-3-4-5-6-36-7-9-37(10-8-36)38-11-13-39(14-12-38)40-17-21-44(22-18-40)53(61)65-50-30-25-45-33-47(28-29-48(45)49(50)34-58)64-52(60)43-19-15-41(16-20-43)42-23-26-46(27-24-42)62-31-32-63-51(59)35(2)54(55,56)57/h11-14,17-18,21-22,25,28-30,33-34,36-37,41-43,46,58H,2-10,15-16,19-20,23-24,26-27,31-32H2,1H3. The zero-order valence-corrected chi connectivity index (χ0v) is 37.5. The minimum atomic E-state index is -4.82. The third-order valence-electron chi connectivity index (χ3n) is 14.2. The van der Waals surface area contributed by atoms with Gasteiger partial charge in [-0.2, -0.15) is 13.2 Å². The van der Waals surface area contributed by atoms with Crippen LogP contribution in [0.2, 0.25) is 0 Å². The summed E-state index contributed by atoms with van der Waals surface area (Å²) in [7, 11) is 0. The highest BCUT2D eigenvalue weighted by Gasteiger charge is 2.38. The maximum absolute atomic E-state index is 13.3. The van der Waals surface area contributed by atoms with Crippen molar-refractivity contribution in [2.45, 2.75) is 128 Å². The van der Waals surface area contributed by atoms with Crippen molar-refractivity contribution < 1.29 is 46.5 Å². The lowest BCUT2D eigenvalue weighted by Gasteiger charge is -2.37. The number of ether oxygens (including phenoxy) is 4. The highest BCUT2D eigenvalue weighted by molar-refractivity contribution is 6.03. The molecule has 346 valence electrons. The smallest absolute Gasteiger partial charge is 0.422 e. The Morgan fingerprint density at radius 2 is 1.38 bits per heavy atom. The van der Waals surface area contributed by atoms with Crippen molar-refractivity contribution in [1.29, 1.82) is 5.41 Å². The Labute approximate surface area is 380 Å². The number of carbonyl (C=O) groups is 3. The van der Waals surface area contributed by atoms with Crippen LogP contribution in [0.25, 0.3) is 21.9 Å². The van der Waals surface area contributed by atoms with Crippen LogP contribution in [0.1, 0.15) is 137 Å². The zero-order chi connectivity index (χ0) is 45.9. The Morgan fingerprint density at radius 1 is 0.738 bits per heavy atom. The molecule has 7 rings (SSSR count). The summed E-state index contributed by atoms with van der Waals surface area (Å²) in [5.41, 5.74) is 2.87. The van der Waals surface area contributed by atoms with E-state index in [1.54, 1.807) is 42.5 Å². The van der Waals surface area contributed by atoms with Crippen LogP contribution in [-0.2, 0) is 19.1 Å². The quantitative estimate of drug-likeness (QED) is 0.0369. The molecular weight excluding hydrogens is 832 g/mol. The van der Waals surface area contributed by atoms with E-state index in [2.05, 4.69) is 42.5 Å². The van der Waals surface area contributed by atoms with E-state index in [1.807, 2.05) is 12.1 Å². The number of hydrogen-bond acceptors (Lipinski definition) is 8. The number of hydrogen-bond donors (Lipinski definition) is 1.